The summed E-state index contributed by atoms with van der Waals surface area (Å²) in [6.07, 6.45) is 4.52. The minimum Gasteiger partial charge on any atom is -0.342 e. The highest BCUT2D eigenvalue weighted by molar-refractivity contribution is 6.17. The lowest BCUT2D eigenvalue weighted by molar-refractivity contribution is -0.132. The molecule has 1 amide bonds. The summed E-state index contributed by atoms with van der Waals surface area (Å²) in [6.45, 7) is 1.88. The second kappa shape index (κ2) is 5.31. The molecule has 0 spiro atoms. The molecule has 112 valence electrons. The molecule has 0 aromatic heterocycles. The summed E-state index contributed by atoms with van der Waals surface area (Å²) in [7, 11) is 0. The summed E-state index contributed by atoms with van der Waals surface area (Å²) in [4.78, 5) is 14.9. The Morgan fingerprint density at radius 2 is 2.14 bits per heavy atom. The van der Waals surface area contributed by atoms with Crippen LogP contribution in [0, 0.1) is 17.8 Å². The molecule has 2 nitrogen and oxygen atoms in total. The van der Waals surface area contributed by atoms with Crippen molar-refractivity contribution in [1.29, 1.82) is 0 Å². The zero-order valence-corrected chi connectivity index (χ0v) is 13.1. The van der Waals surface area contributed by atoms with Crippen LogP contribution < -0.4 is 0 Å². The van der Waals surface area contributed by atoms with Crippen LogP contribution in [0.15, 0.2) is 24.3 Å². The van der Waals surface area contributed by atoms with Crippen molar-refractivity contribution < 1.29 is 4.79 Å². The van der Waals surface area contributed by atoms with Gasteiger partial charge in [0.25, 0.3) is 0 Å². The first-order valence-corrected chi connectivity index (χ1v) is 8.75. The number of fused-ring (bicyclic) bond motifs is 3. The molecule has 1 saturated heterocycles. The largest absolute Gasteiger partial charge is 0.342 e. The number of nitrogens with zero attached hydrogens (tertiary/aromatic N) is 1. The Kier molecular flexibility index (Phi) is 3.45. The van der Waals surface area contributed by atoms with Gasteiger partial charge in [0, 0.05) is 24.9 Å². The first-order chi connectivity index (χ1) is 10.3. The Bertz CT molecular complexity index is 558. The monoisotopic (exact) mass is 303 g/mol. The van der Waals surface area contributed by atoms with Crippen LogP contribution in [0.3, 0.4) is 0 Å². The van der Waals surface area contributed by atoms with Crippen molar-refractivity contribution in [3.63, 3.8) is 0 Å². The maximum Gasteiger partial charge on any atom is 0.226 e. The standard InChI is InChI=1S/C18H22ClNO/c19-9-7-12-8-10-20(11-12)18(21)17-15-6-5-13-3-1-2-4-14(13)16(15)17/h1-4,12,15-17H,5-11H2. The molecule has 3 heteroatoms. The fraction of sp³-hybridized carbons (Fsp3) is 0.611. The third-order valence-corrected chi connectivity index (χ3v) is 5.95. The van der Waals surface area contributed by atoms with Crippen LogP contribution in [-0.2, 0) is 11.2 Å². The van der Waals surface area contributed by atoms with Gasteiger partial charge in [0.15, 0.2) is 0 Å². The van der Waals surface area contributed by atoms with Crippen LogP contribution >= 0.6 is 11.6 Å². The minimum atomic E-state index is 0.267. The molecule has 21 heavy (non-hydrogen) atoms. The van der Waals surface area contributed by atoms with Gasteiger partial charge in [-0.25, -0.2) is 0 Å². The second-order valence-electron chi connectivity index (χ2n) is 6.87. The lowest BCUT2D eigenvalue weighted by Crippen LogP contribution is -2.30. The summed E-state index contributed by atoms with van der Waals surface area (Å²) < 4.78 is 0. The van der Waals surface area contributed by atoms with E-state index in [0.29, 0.717) is 23.7 Å². The van der Waals surface area contributed by atoms with E-state index in [1.54, 1.807) is 0 Å². The number of likely N-dealkylation sites (tertiary alicyclic amines) is 1. The maximum absolute atomic E-state index is 12.8. The fourth-order valence-corrected chi connectivity index (χ4v) is 4.85. The first kappa shape index (κ1) is 13.6. The maximum atomic E-state index is 12.8. The third-order valence-electron chi connectivity index (χ3n) is 5.73. The van der Waals surface area contributed by atoms with Crippen molar-refractivity contribution in [3.8, 4) is 0 Å². The zero-order chi connectivity index (χ0) is 14.4. The molecule has 2 fully saturated rings. The molecule has 0 N–H and O–H groups in total. The molecule has 3 aliphatic rings. The van der Waals surface area contributed by atoms with E-state index in [1.807, 2.05) is 0 Å². The van der Waals surface area contributed by atoms with Crippen LogP contribution in [-0.4, -0.2) is 29.8 Å². The molecule has 4 unspecified atom stereocenters. The van der Waals surface area contributed by atoms with Crippen molar-refractivity contribution in [3.05, 3.63) is 35.4 Å². The second-order valence-corrected chi connectivity index (χ2v) is 7.25. The summed E-state index contributed by atoms with van der Waals surface area (Å²) in [5, 5.41) is 0. The van der Waals surface area contributed by atoms with Crippen molar-refractivity contribution in [2.24, 2.45) is 17.8 Å². The molecule has 4 atom stereocenters. The summed E-state index contributed by atoms with van der Waals surface area (Å²) in [6, 6.07) is 8.71. The van der Waals surface area contributed by atoms with E-state index in [0.717, 1.165) is 38.2 Å². The number of hydrogen-bond donors (Lipinski definition) is 0. The summed E-state index contributed by atoms with van der Waals surface area (Å²) in [5.41, 5.74) is 2.92. The zero-order valence-electron chi connectivity index (χ0n) is 12.3. The molecule has 1 aliphatic heterocycles. The molecular formula is C18H22ClNO. The smallest absolute Gasteiger partial charge is 0.226 e. The number of hydrogen-bond acceptors (Lipinski definition) is 1. The topological polar surface area (TPSA) is 20.3 Å². The summed E-state index contributed by atoms with van der Waals surface area (Å²) >= 11 is 5.84. The van der Waals surface area contributed by atoms with E-state index in [1.165, 1.54) is 17.5 Å². The molecule has 0 bridgehead atoms. The van der Waals surface area contributed by atoms with Gasteiger partial charge in [0.1, 0.15) is 0 Å². The highest BCUT2D eigenvalue weighted by Crippen LogP contribution is 2.60. The minimum absolute atomic E-state index is 0.267. The van der Waals surface area contributed by atoms with E-state index in [2.05, 4.69) is 29.2 Å². The molecule has 2 aliphatic carbocycles. The van der Waals surface area contributed by atoms with E-state index in [9.17, 15) is 4.79 Å². The molecule has 1 aromatic carbocycles. The lowest BCUT2D eigenvalue weighted by atomic mass is 9.92. The Balaban J connectivity index is 1.46. The van der Waals surface area contributed by atoms with Crippen LogP contribution in [0.2, 0.25) is 0 Å². The van der Waals surface area contributed by atoms with E-state index >= 15 is 0 Å². The molecule has 1 aromatic rings. The highest BCUT2D eigenvalue weighted by atomic mass is 35.5. The van der Waals surface area contributed by atoms with Gasteiger partial charge in [-0.3, -0.25) is 4.79 Å². The van der Waals surface area contributed by atoms with Crippen molar-refractivity contribution >= 4 is 17.5 Å². The predicted octanol–water partition coefficient (Wildman–Crippen LogP) is 3.44. The summed E-state index contributed by atoms with van der Waals surface area (Å²) in [5.74, 6) is 3.14. The van der Waals surface area contributed by atoms with Crippen molar-refractivity contribution in [1.82, 2.24) is 4.90 Å². The third kappa shape index (κ3) is 2.28. The van der Waals surface area contributed by atoms with Crippen molar-refractivity contribution in [2.45, 2.75) is 31.6 Å². The van der Waals surface area contributed by atoms with Gasteiger partial charge in [0.2, 0.25) is 5.91 Å². The highest BCUT2D eigenvalue weighted by Gasteiger charge is 2.58. The van der Waals surface area contributed by atoms with Gasteiger partial charge in [-0.2, -0.15) is 0 Å². The van der Waals surface area contributed by atoms with Crippen LogP contribution in [0.4, 0.5) is 0 Å². The lowest BCUT2D eigenvalue weighted by Gasteiger charge is -2.16. The number of amides is 1. The molecule has 0 radical (unpaired) electrons. The van der Waals surface area contributed by atoms with E-state index < -0.39 is 0 Å². The van der Waals surface area contributed by atoms with Crippen LogP contribution in [0.25, 0.3) is 0 Å². The molecule has 1 heterocycles. The quantitative estimate of drug-likeness (QED) is 0.783. The molecule has 1 saturated carbocycles. The van der Waals surface area contributed by atoms with Gasteiger partial charge in [-0.05, 0) is 54.6 Å². The first-order valence-electron chi connectivity index (χ1n) is 8.22. The Labute approximate surface area is 131 Å². The number of rotatable bonds is 3. The number of carbonyl (C=O) groups is 1. The van der Waals surface area contributed by atoms with Crippen LogP contribution in [0.5, 0.6) is 0 Å². The number of carbonyl (C=O) groups excluding carboxylic acids is 1. The molecule has 4 rings (SSSR count). The van der Waals surface area contributed by atoms with Crippen molar-refractivity contribution in [2.75, 3.05) is 19.0 Å². The predicted molar refractivity (Wildman–Crippen MR) is 84.5 cm³/mol. The Morgan fingerprint density at radius 3 is 3.00 bits per heavy atom. The number of aryl methyl sites for hydroxylation is 1. The van der Waals surface area contributed by atoms with E-state index in [4.69, 9.17) is 11.6 Å². The number of halogens is 1. The van der Waals surface area contributed by atoms with Gasteiger partial charge < -0.3 is 4.90 Å². The SMILES string of the molecule is O=C(C1C2CCc3ccccc3C21)N1CCC(CCCl)C1. The van der Waals surface area contributed by atoms with Gasteiger partial charge in [-0.15, -0.1) is 11.6 Å². The molecular weight excluding hydrogens is 282 g/mol. The van der Waals surface area contributed by atoms with Gasteiger partial charge in [0.05, 0.1) is 0 Å². The normalized spacial score (nSPS) is 33.5. The number of benzene rings is 1. The fourth-order valence-electron chi connectivity index (χ4n) is 4.54. The van der Waals surface area contributed by atoms with Gasteiger partial charge in [-0.1, -0.05) is 24.3 Å². The Hall–Kier alpha value is -1.02. The Morgan fingerprint density at radius 1 is 1.29 bits per heavy atom. The average molecular weight is 304 g/mol. The van der Waals surface area contributed by atoms with E-state index in [-0.39, 0.29) is 5.92 Å². The average Bonchev–Trinajstić information content (AvgIpc) is 3.08. The van der Waals surface area contributed by atoms with Crippen LogP contribution in [0.1, 0.15) is 36.3 Å². The number of alkyl halides is 1. The van der Waals surface area contributed by atoms with Gasteiger partial charge >= 0.3 is 0 Å².